The highest BCUT2D eigenvalue weighted by atomic mass is 19.1. The third kappa shape index (κ3) is 2.92. The van der Waals surface area contributed by atoms with E-state index in [1.54, 1.807) is 24.5 Å². The van der Waals surface area contributed by atoms with Gasteiger partial charge in [0.15, 0.2) is 5.82 Å². The van der Waals surface area contributed by atoms with Crippen LogP contribution in [0.2, 0.25) is 0 Å². The lowest BCUT2D eigenvalue weighted by atomic mass is 10.1. The van der Waals surface area contributed by atoms with Crippen LogP contribution in [0, 0.1) is 5.82 Å². The maximum Gasteiger partial charge on any atom is 0.227 e. The van der Waals surface area contributed by atoms with E-state index in [0.717, 1.165) is 17.1 Å². The van der Waals surface area contributed by atoms with Gasteiger partial charge in [0.2, 0.25) is 5.95 Å². The minimum absolute atomic E-state index is 0.127. The summed E-state index contributed by atoms with van der Waals surface area (Å²) in [6.07, 6.45) is 4.43. The van der Waals surface area contributed by atoms with Crippen LogP contribution in [0.4, 0.5) is 16.0 Å². The quantitative estimate of drug-likeness (QED) is 0.532. The van der Waals surface area contributed by atoms with E-state index >= 15 is 0 Å². The molecule has 0 atom stereocenters. The number of pyridine rings is 1. The van der Waals surface area contributed by atoms with E-state index in [-0.39, 0.29) is 18.2 Å². The fourth-order valence-electron chi connectivity index (χ4n) is 2.60. The normalized spacial score (nSPS) is 11.0. The fraction of sp³-hybridized carbons (Fsp3) is 0.0556. The summed E-state index contributed by atoms with van der Waals surface area (Å²) < 4.78 is 14.3. The van der Waals surface area contributed by atoms with Gasteiger partial charge in [-0.05, 0) is 18.2 Å². The first-order valence-corrected chi connectivity index (χ1v) is 7.66. The molecule has 0 amide bonds. The Balaban J connectivity index is 1.71. The molecule has 25 heavy (non-hydrogen) atoms. The molecule has 124 valence electrons. The Labute approximate surface area is 142 Å². The number of aliphatic hydroxyl groups excluding tert-OH is 1. The summed E-state index contributed by atoms with van der Waals surface area (Å²) in [7, 11) is 0. The molecule has 0 aliphatic heterocycles. The smallest absolute Gasteiger partial charge is 0.227 e. The Bertz CT molecular complexity index is 1030. The molecule has 0 unspecified atom stereocenters. The average molecular weight is 335 g/mol. The second-order valence-electron chi connectivity index (χ2n) is 5.46. The number of halogens is 1. The summed E-state index contributed by atoms with van der Waals surface area (Å²) in [4.78, 5) is 15.5. The molecule has 3 heterocycles. The van der Waals surface area contributed by atoms with Gasteiger partial charge in [0.05, 0.1) is 30.4 Å². The molecule has 4 rings (SSSR count). The van der Waals surface area contributed by atoms with Gasteiger partial charge in [-0.3, -0.25) is 4.98 Å². The number of H-pyrrole nitrogens is 1. The molecule has 0 saturated carbocycles. The molecule has 0 spiro atoms. The number of benzene rings is 1. The predicted octanol–water partition coefficient (Wildman–Crippen LogP) is 3.39. The number of hydrogen-bond donors (Lipinski definition) is 3. The first-order chi connectivity index (χ1) is 12.2. The van der Waals surface area contributed by atoms with Crippen LogP contribution in [0.15, 0.2) is 55.0 Å². The maximum atomic E-state index is 14.3. The molecule has 4 aromatic rings. The molecule has 1 aromatic carbocycles. The maximum absolute atomic E-state index is 14.3. The van der Waals surface area contributed by atoms with Crippen molar-refractivity contribution < 1.29 is 9.50 Å². The lowest BCUT2D eigenvalue weighted by Gasteiger charge is -2.07. The Hall–Kier alpha value is -3.32. The van der Waals surface area contributed by atoms with Gasteiger partial charge < -0.3 is 15.4 Å². The molecule has 0 fully saturated rings. The van der Waals surface area contributed by atoms with Gasteiger partial charge in [-0.1, -0.05) is 18.2 Å². The zero-order chi connectivity index (χ0) is 17.2. The van der Waals surface area contributed by atoms with Gasteiger partial charge in [0, 0.05) is 22.7 Å². The van der Waals surface area contributed by atoms with E-state index in [1.807, 2.05) is 24.3 Å². The van der Waals surface area contributed by atoms with Gasteiger partial charge in [0.1, 0.15) is 5.69 Å². The Morgan fingerprint density at radius 1 is 1.08 bits per heavy atom. The third-order valence-electron chi connectivity index (χ3n) is 3.83. The first kappa shape index (κ1) is 15.2. The number of anilines is 2. The number of nitrogens with zero attached hydrogens (tertiary/aromatic N) is 3. The van der Waals surface area contributed by atoms with Crippen molar-refractivity contribution in [1.29, 1.82) is 0 Å². The number of aromatic nitrogens is 4. The topological polar surface area (TPSA) is 86.7 Å². The van der Waals surface area contributed by atoms with Crippen molar-refractivity contribution in [3.63, 3.8) is 0 Å². The lowest BCUT2D eigenvalue weighted by molar-refractivity contribution is 0.277. The monoisotopic (exact) mass is 335 g/mol. The highest BCUT2D eigenvalue weighted by Crippen LogP contribution is 2.29. The van der Waals surface area contributed by atoms with Crippen molar-refractivity contribution in [2.75, 3.05) is 5.32 Å². The second-order valence-corrected chi connectivity index (χ2v) is 5.46. The third-order valence-corrected chi connectivity index (χ3v) is 3.83. The summed E-state index contributed by atoms with van der Waals surface area (Å²) in [5, 5.41) is 12.9. The van der Waals surface area contributed by atoms with Gasteiger partial charge in [0.25, 0.3) is 0 Å². The molecular weight excluding hydrogens is 321 g/mol. The molecule has 0 radical (unpaired) electrons. The molecular formula is C18H14FN5O. The Morgan fingerprint density at radius 2 is 1.96 bits per heavy atom. The predicted molar refractivity (Wildman–Crippen MR) is 92.7 cm³/mol. The van der Waals surface area contributed by atoms with Gasteiger partial charge in [-0.2, -0.15) is 0 Å². The summed E-state index contributed by atoms with van der Waals surface area (Å²) in [5.41, 5.74) is 3.01. The van der Waals surface area contributed by atoms with E-state index in [1.165, 1.54) is 0 Å². The summed E-state index contributed by atoms with van der Waals surface area (Å²) >= 11 is 0. The largest absolute Gasteiger partial charge is 0.390 e. The minimum atomic E-state index is -0.496. The van der Waals surface area contributed by atoms with Crippen molar-refractivity contribution in [3.05, 3.63) is 66.5 Å². The zero-order valence-corrected chi connectivity index (χ0v) is 13.1. The van der Waals surface area contributed by atoms with E-state index in [9.17, 15) is 4.39 Å². The molecule has 0 aliphatic rings. The van der Waals surface area contributed by atoms with Crippen LogP contribution >= 0.6 is 0 Å². The van der Waals surface area contributed by atoms with Crippen LogP contribution in [0.5, 0.6) is 0 Å². The molecule has 3 N–H and O–H groups in total. The van der Waals surface area contributed by atoms with Crippen molar-refractivity contribution in [2.45, 2.75) is 6.61 Å². The first-order valence-electron chi connectivity index (χ1n) is 7.66. The van der Waals surface area contributed by atoms with Crippen molar-refractivity contribution in [1.82, 2.24) is 19.9 Å². The van der Waals surface area contributed by atoms with Crippen LogP contribution in [-0.2, 0) is 6.61 Å². The highest BCUT2D eigenvalue weighted by molar-refractivity contribution is 5.94. The Kier molecular flexibility index (Phi) is 3.83. The SMILES string of the molecule is OCc1ccc(Nc2ncc(F)c(-c3c[nH]c4ccccc34)n2)cn1. The lowest BCUT2D eigenvalue weighted by Crippen LogP contribution is -2.01. The Morgan fingerprint density at radius 3 is 2.76 bits per heavy atom. The van der Waals surface area contributed by atoms with Crippen LogP contribution in [0.3, 0.4) is 0 Å². The van der Waals surface area contributed by atoms with Crippen LogP contribution in [-0.4, -0.2) is 25.0 Å². The molecule has 0 saturated heterocycles. The molecule has 0 aliphatic carbocycles. The molecule has 6 nitrogen and oxygen atoms in total. The van der Waals surface area contributed by atoms with E-state index < -0.39 is 5.82 Å². The van der Waals surface area contributed by atoms with Crippen molar-refractivity contribution >= 4 is 22.5 Å². The number of para-hydroxylation sites is 1. The number of nitrogens with one attached hydrogen (secondary N) is 2. The van der Waals surface area contributed by atoms with E-state index in [2.05, 4.69) is 25.3 Å². The zero-order valence-electron chi connectivity index (χ0n) is 13.1. The number of aliphatic hydroxyl groups is 1. The second kappa shape index (κ2) is 6.29. The van der Waals surface area contributed by atoms with Crippen LogP contribution < -0.4 is 5.32 Å². The number of hydrogen-bond acceptors (Lipinski definition) is 5. The highest BCUT2D eigenvalue weighted by Gasteiger charge is 2.14. The summed E-state index contributed by atoms with van der Waals surface area (Å²) in [5.74, 6) is -0.232. The number of rotatable bonds is 4. The van der Waals surface area contributed by atoms with Crippen LogP contribution in [0.25, 0.3) is 22.2 Å². The number of fused-ring (bicyclic) bond motifs is 1. The van der Waals surface area contributed by atoms with E-state index in [4.69, 9.17) is 5.11 Å². The van der Waals surface area contributed by atoms with Crippen LogP contribution in [0.1, 0.15) is 5.69 Å². The molecule has 3 aromatic heterocycles. The van der Waals surface area contributed by atoms with Crippen molar-refractivity contribution in [3.8, 4) is 11.3 Å². The summed E-state index contributed by atoms with van der Waals surface area (Å²) in [6.45, 7) is -0.127. The molecule has 0 bridgehead atoms. The number of aromatic amines is 1. The standard InChI is InChI=1S/C18H14FN5O/c19-15-9-22-18(23-11-5-6-12(10-25)20-7-11)24-17(15)14-8-21-16-4-2-1-3-13(14)16/h1-9,21,25H,10H2,(H,22,23,24). The van der Waals surface area contributed by atoms with Gasteiger partial charge >= 0.3 is 0 Å². The van der Waals surface area contributed by atoms with Gasteiger partial charge in [-0.25, -0.2) is 14.4 Å². The van der Waals surface area contributed by atoms with E-state index in [0.29, 0.717) is 16.9 Å². The minimum Gasteiger partial charge on any atom is -0.390 e. The molecule has 7 heteroatoms. The fourth-order valence-corrected chi connectivity index (χ4v) is 2.60. The summed E-state index contributed by atoms with van der Waals surface area (Å²) in [6, 6.07) is 11.1. The average Bonchev–Trinajstić information content (AvgIpc) is 3.08. The van der Waals surface area contributed by atoms with Gasteiger partial charge in [-0.15, -0.1) is 0 Å². The van der Waals surface area contributed by atoms with Crippen molar-refractivity contribution in [2.24, 2.45) is 0 Å².